The predicted molar refractivity (Wildman–Crippen MR) is 93.0 cm³/mol. The van der Waals surface area contributed by atoms with Gasteiger partial charge in [0.1, 0.15) is 0 Å². The number of hydrogen-bond donors (Lipinski definition) is 0. The summed E-state index contributed by atoms with van der Waals surface area (Å²) in [7, 11) is 0. The number of nitrogens with zero attached hydrogens (tertiary/aromatic N) is 3. The van der Waals surface area contributed by atoms with E-state index in [1.807, 2.05) is 6.07 Å². The first-order valence-electron chi connectivity index (χ1n) is 7.33. The third-order valence-electron chi connectivity index (χ3n) is 3.85. The summed E-state index contributed by atoms with van der Waals surface area (Å²) in [5.74, 6) is 0.0251. The molecule has 0 atom stereocenters. The topological polar surface area (TPSA) is 107 Å². The van der Waals surface area contributed by atoms with Gasteiger partial charge in [-0.15, -0.1) is 11.3 Å². The summed E-state index contributed by atoms with van der Waals surface area (Å²) in [6, 6.07) is 5.58. The van der Waals surface area contributed by atoms with Crippen LogP contribution in [0.3, 0.4) is 0 Å². The molecule has 0 radical (unpaired) electrons. The summed E-state index contributed by atoms with van der Waals surface area (Å²) in [5.41, 5.74) is 0.466. The third-order valence-corrected chi connectivity index (χ3v) is 6.27. The average Bonchev–Trinajstić information content (AvgIpc) is 2.95. The van der Waals surface area contributed by atoms with E-state index in [2.05, 4.69) is 0 Å². The SMILES string of the molecule is CC(=O)N1CCc2sc(Sc3ccc([N+](=O)[O-])cc3[N+](=O)[O-])cc2C1. The monoisotopic (exact) mass is 379 g/mol. The number of non-ortho nitro benzene ring substituents is 1. The molecular weight excluding hydrogens is 366 g/mol. The van der Waals surface area contributed by atoms with Crippen molar-refractivity contribution in [3.8, 4) is 0 Å². The Bertz CT molecular complexity index is 880. The second-order valence-electron chi connectivity index (χ2n) is 5.47. The van der Waals surface area contributed by atoms with Gasteiger partial charge in [0.05, 0.1) is 25.0 Å². The molecule has 0 bridgehead atoms. The van der Waals surface area contributed by atoms with Crippen molar-refractivity contribution in [1.82, 2.24) is 4.90 Å². The predicted octanol–water partition coefficient (Wildman–Crippen LogP) is 3.62. The molecule has 0 aliphatic carbocycles. The average molecular weight is 379 g/mol. The van der Waals surface area contributed by atoms with E-state index in [0.717, 1.165) is 22.3 Å². The van der Waals surface area contributed by atoms with Gasteiger partial charge >= 0.3 is 0 Å². The molecule has 0 spiro atoms. The van der Waals surface area contributed by atoms with E-state index in [0.29, 0.717) is 18.0 Å². The standard InChI is InChI=1S/C15H13N3O5S2/c1-9(19)16-5-4-13-10(8-16)6-15(24-13)25-14-3-2-11(17(20)21)7-12(14)18(22)23/h2-3,6-7H,4-5,8H2,1H3. The third kappa shape index (κ3) is 3.64. The van der Waals surface area contributed by atoms with Crippen LogP contribution >= 0.6 is 23.1 Å². The Hall–Kier alpha value is -2.46. The molecule has 2 heterocycles. The van der Waals surface area contributed by atoms with Crippen molar-refractivity contribution in [1.29, 1.82) is 0 Å². The lowest BCUT2D eigenvalue weighted by molar-refractivity contribution is -0.396. The summed E-state index contributed by atoms with van der Waals surface area (Å²) < 4.78 is 0.868. The normalized spacial score (nSPS) is 13.4. The number of carbonyl (C=O) groups excluding carboxylic acids is 1. The number of nitro benzene ring substituents is 2. The fourth-order valence-electron chi connectivity index (χ4n) is 2.58. The summed E-state index contributed by atoms with van der Waals surface area (Å²) >= 11 is 2.76. The Morgan fingerprint density at radius 3 is 2.64 bits per heavy atom. The Balaban J connectivity index is 1.87. The van der Waals surface area contributed by atoms with Crippen LogP contribution in [0.15, 0.2) is 33.4 Å². The molecule has 0 saturated heterocycles. The number of rotatable bonds is 4. The van der Waals surface area contributed by atoms with Gasteiger partial charge in [0.15, 0.2) is 0 Å². The van der Waals surface area contributed by atoms with E-state index in [4.69, 9.17) is 0 Å². The van der Waals surface area contributed by atoms with Crippen LogP contribution in [0, 0.1) is 20.2 Å². The van der Waals surface area contributed by atoms with E-state index >= 15 is 0 Å². The van der Waals surface area contributed by atoms with E-state index in [1.54, 1.807) is 16.2 Å². The second kappa shape index (κ2) is 6.81. The van der Waals surface area contributed by atoms with Crippen molar-refractivity contribution in [2.75, 3.05) is 6.54 Å². The van der Waals surface area contributed by atoms with Crippen LogP contribution in [0.25, 0.3) is 0 Å². The van der Waals surface area contributed by atoms with Gasteiger partial charge in [-0.2, -0.15) is 0 Å². The first-order chi connectivity index (χ1) is 11.8. The molecule has 2 aromatic rings. The molecule has 0 unspecified atom stereocenters. The van der Waals surface area contributed by atoms with Crippen LogP contribution in [0.4, 0.5) is 11.4 Å². The van der Waals surface area contributed by atoms with Crippen LogP contribution in [0.5, 0.6) is 0 Å². The molecular formula is C15H13N3O5S2. The van der Waals surface area contributed by atoms with E-state index in [1.165, 1.54) is 35.7 Å². The fourth-order valence-corrected chi connectivity index (χ4v) is 5.00. The van der Waals surface area contributed by atoms with Gasteiger partial charge in [0.25, 0.3) is 11.4 Å². The summed E-state index contributed by atoms with van der Waals surface area (Å²) in [6.07, 6.45) is 0.766. The maximum absolute atomic E-state index is 11.5. The fraction of sp³-hybridized carbons (Fsp3) is 0.267. The lowest BCUT2D eigenvalue weighted by atomic mass is 10.1. The maximum Gasteiger partial charge on any atom is 0.290 e. The number of hydrogen-bond acceptors (Lipinski definition) is 7. The lowest BCUT2D eigenvalue weighted by Crippen LogP contribution is -2.33. The van der Waals surface area contributed by atoms with Crippen molar-refractivity contribution >= 4 is 40.4 Å². The number of carbonyl (C=O) groups is 1. The van der Waals surface area contributed by atoms with Crippen molar-refractivity contribution < 1.29 is 14.6 Å². The number of nitro groups is 2. The molecule has 8 nitrogen and oxygen atoms in total. The van der Waals surface area contributed by atoms with Gasteiger partial charge in [-0.05, 0) is 24.1 Å². The highest BCUT2D eigenvalue weighted by Gasteiger charge is 2.24. The van der Waals surface area contributed by atoms with Crippen LogP contribution in [0.1, 0.15) is 17.4 Å². The van der Waals surface area contributed by atoms with Crippen LogP contribution in [-0.2, 0) is 17.8 Å². The molecule has 1 aliphatic heterocycles. The zero-order valence-corrected chi connectivity index (χ0v) is 14.8. The second-order valence-corrected chi connectivity index (χ2v) is 7.95. The molecule has 1 aliphatic rings. The first-order valence-corrected chi connectivity index (χ1v) is 8.96. The molecule has 0 N–H and O–H groups in total. The number of fused-ring (bicyclic) bond motifs is 1. The smallest absolute Gasteiger partial charge is 0.290 e. The molecule has 1 amide bonds. The Morgan fingerprint density at radius 2 is 2.00 bits per heavy atom. The Kier molecular flexibility index (Phi) is 4.73. The van der Waals surface area contributed by atoms with Gasteiger partial charge in [-0.3, -0.25) is 25.0 Å². The van der Waals surface area contributed by atoms with Crippen molar-refractivity contribution in [3.63, 3.8) is 0 Å². The van der Waals surface area contributed by atoms with Gasteiger partial charge in [0.2, 0.25) is 5.91 Å². The first kappa shape index (κ1) is 17.4. The molecule has 25 heavy (non-hydrogen) atoms. The van der Waals surface area contributed by atoms with Gasteiger partial charge in [-0.25, -0.2) is 0 Å². The molecule has 10 heteroatoms. The molecule has 130 valence electrons. The minimum Gasteiger partial charge on any atom is -0.338 e. The number of benzene rings is 1. The molecule has 1 aromatic heterocycles. The molecule has 0 saturated carbocycles. The zero-order valence-electron chi connectivity index (χ0n) is 13.1. The highest BCUT2D eigenvalue weighted by atomic mass is 32.2. The molecule has 0 fully saturated rings. The van der Waals surface area contributed by atoms with Gasteiger partial charge in [0, 0.05) is 31.0 Å². The highest BCUT2D eigenvalue weighted by molar-refractivity contribution is 8.01. The Morgan fingerprint density at radius 1 is 1.24 bits per heavy atom. The van der Waals surface area contributed by atoms with Crippen LogP contribution in [0.2, 0.25) is 0 Å². The van der Waals surface area contributed by atoms with E-state index in [-0.39, 0.29) is 17.3 Å². The number of amides is 1. The highest BCUT2D eigenvalue weighted by Crippen LogP contribution is 2.42. The summed E-state index contributed by atoms with van der Waals surface area (Å²) in [5, 5.41) is 22.0. The minimum atomic E-state index is -0.651. The van der Waals surface area contributed by atoms with Gasteiger partial charge < -0.3 is 4.90 Å². The number of thiophene rings is 1. The summed E-state index contributed by atoms with van der Waals surface area (Å²) in [6.45, 7) is 2.75. The van der Waals surface area contributed by atoms with Crippen molar-refractivity contribution in [2.24, 2.45) is 0 Å². The lowest BCUT2D eigenvalue weighted by Gasteiger charge is -2.25. The van der Waals surface area contributed by atoms with Gasteiger partial charge in [-0.1, -0.05) is 11.8 Å². The Labute approximate surface area is 150 Å². The summed E-state index contributed by atoms with van der Waals surface area (Å²) in [4.78, 5) is 35.6. The van der Waals surface area contributed by atoms with Crippen molar-refractivity contribution in [3.05, 3.63) is 54.9 Å². The zero-order chi connectivity index (χ0) is 18.1. The van der Waals surface area contributed by atoms with Crippen molar-refractivity contribution in [2.45, 2.75) is 29.0 Å². The maximum atomic E-state index is 11.5. The largest absolute Gasteiger partial charge is 0.338 e. The van der Waals surface area contributed by atoms with Crippen LogP contribution < -0.4 is 0 Å². The molecule has 3 rings (SSSR count). The molecule has 1 aromatic carbocycles. The van der Waals surface area contributed by atoms with E-state index in [9.17, 15) is 25.0 Å². The quantitative estimate of drug-likeness (QED) is 0.593. The minimum absolute atomic E-state index is 0.0251. The van der Waals surface area contributed by atoms with Crippen LogP contribution in [-0.4, -0.2) is 27.2 Å². The van der Waals surface area contributed by atoms with E-state index < -0.39 is 9.85 Å².